The molecule has 3 aliphatic rings. The minimum Gasteiger partial charge on any atom is -0.453 e. The summed E-state index contributed by atoms with van der Waals surface area (Å²) in [5, 5.41) is 11.2. The highest BCUT2D eigenvalue weighted by Crippen LogP contribution is 2.36. The van der Waals surface area contributed by atoms with Gasteiger partial charge in [0.2, 0.25) is 11.8 Å². The van der Waals surface area contributed by atoms with Gasteiger partial charge in [0.15, 0.2) is 0 Å². The van der Waals surface area contributed by atoms with Crippen molar-refractivity contribution in [2.75, 3.05) is 32.6 Å². The van der Waals surface area contributed by atoms with E-state index in [1.54, 1.807) is 32.0 Å². The van der Waals surface area contributed by atoms with Gasteiger partial charge in [-0.05, 0) is 74.1 Å². The summed E-state index contributed by atoms with van der Waals surface area (Å²) in [6.07, 6.45) is 5.13. The molecule has 16 nitrogen and oxygen atoms in total. The number of rotatable bonds is 12. The van der Waals surface area contributed by atoms with Crippen LogP contribution in [0.2, 0.25) is 0 Å². The number of nitrogens with one attached hydrogen (secondary N) is 4. The quantitative estimate of drug-likeness (QED) is 0.156. The van der Waals surface area contributed by atoms with E-state index < -0.39 is 48.2 Å². The third-order valence-corrected chi connectivity index (χ3v) is 12.6. The number of imide groups is 1. The monoisotopic (exact) mass is 856 g/mol. The zero-order valence-electron chi connectivity index (χ0n) is 35.8. The molecule has 7 amide bonds. The normalized spacial score (nSPS) is 19.9. The molecule has 1 aromatic heterocycles. The molecule has 61 heavy (non-hydrogen) atoms. The fourth-order valence-corrected chi connectivity index (χ4v) is 9.23. The van der Waals surface area contributed by atoms with Crippen LogP contribution in [0.5, 0.6) is 0 Å². The molecular formula is C44H56N8O8S. The van der Waals surface area contributed by atoms with Crippen LogP contribution in [0.3, 0.4) is 0 Å². The minimum absolute atomic E-state index is 0.117. The maximum absolute atomic E-state index is 13.8. The van der Waals surface area contributed by atoms with Gasteiger partial charge in [0.25, 0.3) is 5.91 Å². The first kappa shape index (κ1) is 44.7. The molecule has 2 fully saturated rings. The van der Waals surface area contributed by atoms with Crippen molar-refractivity contribution in [1.29, 1.82) is 0 Å². The van der Waals surface area contributed by atoms with E-state index in [1.807, 2.05) is 43.0 Å². The van der Waals surface area contributed by atoms with Gasteiger partial charge in [-0.2, -0.15) is 0 Å². The largest absolute Gasteiger partial charge is 0.453 e. The number of alkyl carbamates (subject to hydrolysis) is 2. The summed E-state index contributed by atoms with van der Waals surface area (Å²) in [6, 6.07) is 10.1. The first-order valence-electron chi connectivity index (χ1n) is 20.9. The second-order valence-corrected chi connectivity index (χ2v) is 17.3. The van der Waals surface area contributed by atoms with E-state index in [4.69, 9.17) is 14.7 Å². The number of aromatic nitrogens is 1. The van der Waals surface area contributed by atoms with Crippen molar-refractivity contribution in [2.45, 2.75) is 97.3 Å². The number of carbonyl (C=O) groups is 6. The van der Waals surface area contributed by atoms with Gasteiger partial charge in [-0.3, -0.25) is 24.7 Å². The average molecular weight is 857 g/mol. The van der Waals surface area contributed by atoms with Crippen LogP contribution in [0.4, 0.5) is 20.1 Å². The Balaban J connectivity index is 1.11. The second kappa shape index (κ2) is 19.7. The van der Waals surface area contributed by atoms with Crippen molar-refractivity contribution in [2.24, 2.45) is 22.7 Å². The van der Waals surface area contributed by atoms with Gasteiger partial charge in [0.05, 0.1) is 36.2 Å². The smallest absolute Gasteiger partial charge is 0.407 e. The lowest BCUT2D eigenvalue weighted by atomic mass is 9.87. The first-order valence-corrected chi connectivity index (χ1v) is 21.8. The zero-order chi connectivity index (χ0) is 44.0. The van der Waals surface area contributed by atoms with Crippen LogP contribution in [-0.2, 0) is 23.9 Å². The number of fused-ring (bicyclic) bond motifs is 1. The van der Waals surface area contributed by atoms with Crippen molar-refractivity contribution in [1.82, 2.24) is 30.7 Å². The molecule has 17 heteroatoms. The third kappa shape index (κ3) is 10.2. The number of hydrogen-bond donors (Lipinski definition) is 4. The average Bonchev–Trinajstić information content (AvgIpc) is 4.04. The maximum atomic E-state index is 13.8. The lowest BCUT2D eigenvalue weighted by molar-refractivity contribution is -0.140. The van der Waals surface area contributed by atoms with Crippen LogP contribution in [0.15, 0.2) is 53.5 Å². The molecule has 0 radical (unpaired) electrons. The lowest BCUT2D eigenvalue weighted by Crippen LogP contribution is -2.55. The van der Waals surface area contributed by atoms with Crippen LogP contribution >= 0.6 is 11.3 Å². The molecule has 0 aliphatic carbocycles. The molecule has 6 rings (SSSR count). The number of urea groups is 1. The van der Waals surface area contributed by atoms with Crippen molar-refractivity contribution >= 4 is 74.6 Å². The number of carbonyl (C=O) groups excluding carboxylic acids is 6. The summed E-state index contributed by atoms with van der Waals surface area (Å²) in [6.45, 7) is 10.5. The Kier molecular flexibility index (Phi) is 14.4. The molecule has 2 saturated heterocycles. The highest BCUT2D eigenvalue weighted by atomic mass is 32.1. The van der Waals surface area contributed by atoms with Crippen LogP contribution in [0.25, 0.3) is 26.5 Å². The molecule has 3 aromatic rings. The minimum atomic E-state index is -0.884. The highest BCUT2D eigenvalue weighted by molar-refractivity contribution is 7.21. The van der Waals surface area contributed by atoms with Crippen LogP contribution < -0.4 is 21.3 Å². The molecule has 4 N–H and O–H groups in total. The molecule has 5 unspecified atom stereocenters. The Morgan fingerprint density at radius 1 is 0.820 bits per heavy atom. The molecule has 3 aliphatic heterocycles. The number of methoxy groups -OCH3 is 2. The topological polar surface area (TPSA) is 201 Å². The Morgan fingerprint density at radius 3 is 2.05 bits per heavy atom. The maximum Gasteiger partial charge on any atom is 0.407 e. The van der Waals surface area contributed by atoms with E-state index in [2.05, 4.69) is 39.0 Å². The van der Waals surface area contributed by atoms with Gasteiger partial charge >= 0.3 is 18.2 Å². The number of benzene rings is 2. The van der Waals surface area contributed by atoms with Gasteiger partial charge in [0.1, 0.15) is 23.1 Å². The Hall–Kier alpha value is -5.84. The number of nitrogens with zero attached hydrogens (tertiary/aromatic N) is 4. The predicted octanol–water partition coefficient (Wildman–Crippen LogP) is 6.57. The van der Waals surface area contributed by atoms with Gasteiger partial charge in [-0.25, -0.2) is 19.4 Å². The predicted molar refractivity (Wildman–Crippen MR) is 234 cm³/mol. The van der Waals surface area contributed by atoms with Gasteiger partial charge in [-0.1, -0.05) is 65.0 Å². The number of hydrogen-bond acceptors (Lipinski definition) is 11. The molecule has 0 bridgehead atoms. The summed E-state index contributed by atoms with van der Waals surface area (Å²) in [4.78, 5) is 90.7. The number of amides is 7. The molecule has 4 heterocycles. The summed E-state index contributed by atoms with van der Waals surface area (Å²) in [7, 11) is 2.51. The third-order valence-electron chi connectivity index (χ3n) is 11.6. The van der Waals surface area contributed by atoms with Gasteiger partial charge in [0, 0.05) is 36.0 Å². The van der Waals surface area contributed by atoms with Crippen molar-refractivity contribution < 1.29 is 38.2 Å². The number of thiazole rings is 1. The summed E-state index contributed by atoms with van der Waals surface area (Å²) >= 11 is 1.47. The van der Waals surface area contributed by atoms with Gasteiger partial charge in [-0.15, -0.1) is 11.3 Å². The van der Waals surface area contributed by atoms with Crippen LogP contribution in [0, 0.1) is 17.8 Å². The highest BCUT2D eigenvalue weighted by Gasteiger charge is 2.41. The molecular weight excluding hydrogens is 801 g/mol. The number of ether oxygens (including phenoxy) is 2. The molecule has 0 saturated carbocycles. The zero-order valence-corrected chi connectivity index (χ0v) is 36.6. The van der Waals surface area contributed by atoms with E-state index in [9.17, 15) is 28.8 Å². The molecule has 5 atom stereocenters. The standard InChI is InChI=1S/C44H56N8O8S/c1-8-26-17-19-30(46-37(26)32-11-9-21-51(32)40(54)35(24(2)3)48-43(57)59-6)27-13-15-28(16-14-27)39-47-31-20-18-29(23-34(31)61-39)45-42(56)50-38(53)33-12-10-22-52(33)41(55)36(25(4)5)49-44(58)60-7/h13-16,18-20,23-26,32-33,35-36H,8-12,17,21-22H2,1-7H3,(H,48,57)(H,49,58)(H2,45,50,53,56). The van der Waals surface area contributed by atoms with Crippen molar-refractivity contribution in [3.8, 4) is 10.6 Å². The fraction of sp³-hybridized carbons (Fsp3) is 0.500. The number of anilines is 1. The van der Waals surface area contributed by atoms with Crippen molar-refractivity contribution in [3.63, 3.8) is 0 Å². The van der Waals surface area contributed by atoms with Gasteiger partial charge < -0.3 is 35.2 Å². The van der Waals surface area contributed by atoms with E-state index >= 15 is 0 Å². The first-order chi connectivity index (χ1) is 29.2. The summed E-state index contributed by atoms with van der Waals surface area (Å²) < 4.78 is 10.3. The van der Waals surface area contributed by atoms with Crippen molar-refractivity contribution in [3.05, 3.63) is 54.1 Å². The molecule has 2 aromatic carbocycles. The van der Waals surface area contributed by atoms with E-state index in [-0.39, 0.29) is 29.7 Å². The SMILES string of the molecule is CCC1CC=C(c2ccc(-c3nc4ccc(NC(=O)NC(=O)C5CCCN5C(=O)C(NC(=O)OC)C(C)C)cc4s3)cc2)N=C1C1CCCN1C(=O)C(NC(=O)OC)C(C)C. The Bertz CT molecular complexity index is 2200. The number of allylic oxidation sites excluding steroid dienone is 1. The fourth-order valence-electron chi connectivity index (χ4n) is 8.22. The Labute approximate surface area is 359 Å². The molecule has 0 spiro atoms. The second-order valence-electron chi connectivity index (χ2n) is 16.3. The summed E-state index contributed by atoms with van der Waals surface area (Å²) in [5.41, 5.74) is 4.95. The van der Waals surface area contributed by atoms with E-state index in [0.717, 1.165) is 63.4 Å². The summed E-state index contributed by atoms with van der Waals surface area (Å²) in [5.74, 6) is -1.30. The Morgan fingerprint density at radius 2 is 1.43 bits per heavy atom. The lowest BCUT2D eigenvalue weighted by Gasteiger charge is -2.34. The molecule has 326 valence electrons. The van der Waals surface area contributed by atoms with Crippen LogP contribution in [-0.4, -0.2) is 108 Å². The number of likely N-dealkylation sites (tertiary alicyclic amines) is 2. The van der Waals surface area contributed by atoms with E-state index in [0.29, 0.717) is 31.6 Å². The van der Waals surface area contributed by atoms with Crippen LogP contribution in [0.1, 0.15) is 78.7 Å². The van der Waals surface area contributed by atoms with E-state index in [1.165, 1.54) is 30.5 Å². The number of aliphatic imine (C=N–C) groups is 1.